The minimum Gasteiger partial charge on any atom is -0.363 e. The highest BCUT2D eigenvalue weighted by atomic mass is 79.9. The molecule has 1 unspecified atom stereocenters. The minimum absolute atomic E-state index is 0.275. The van der Waals surface area contributed by atoms with Crippen LogP contribution in [0.25, 0.3) is 21.9 Å². The van der Waals surface area contributed by atoms with Gasteiger partial charge in [-0.2, -0.15) is 5.26 Å². The molecule has 3 nitrogen and oxygen atoms in total. The summed E-state index contributed by atoms with van der Waals surface area (Å²) in [5, 5.41) is 12.1. The van der Waals surface area contributed by atoms with Crippen molar-refractivity contribution in [1.82, 2.24) is 4.98 Å². The lowest BCUT2D eigenvalue weighted by Gasteiger charge is -2.19. The van der Waals surface area contributed by atoms with Gasteiger partial charge in [0.1, 0.15) is 6.10 Å². The van der Waals surface area contributed by atoms with Crippen molar-refractivity contribution in [1.29, 1.82) is 5.26 Å². The summed E-state index contributed by atoms with van der Waals surface area (Å²) >= 11 is 5.05. The third kappa shape index (κ3) is 4.60. The monoisotopic (exact) mass is 510 g/mol. The molecule has 0 aliphatic rings. The van der Waals surface area contributed by atoms with E-state index in [9.17, 15) is 5.26 Å². The molecule has 0 aliphatic heterocycles. The quantitative estimate of drug-likeness (QED) is 0.233. The largest absolute Gasteiger partial charge is 0.363 e. The van der Waals surface area contributed by atoms with Crippen LogP contribution in [0.1, 0.15) is 27.7 Å². The lowest BCUT2D eigenvalue weighted by Crippen LogP contribution is -2.06. The molecule has 5 rings (SSSR count). The molecule has 0 spiro atoms. The van der Waals surface area contributed by atoms with Crippen LogP contribution in [0, 0.1) is 11.3 Å². The van der Waals surface area contributed by atoms with Crippen molar-refractivity contribution in [2.24, 2.45) is 0 Å². The van der Waals surface area contributed by atoms with Gasteiger partial charge in [-0.25, -0.2) is 0 Å². The lowest BCUT2D eigenvalue weighted by molar-refractivity contribution is 0.0689. The minimum atomic E-state index is -0.275. The smallest absolute Gasteiger partial charge is 0.119 e. The van der Waals surface area contributed by atoms with Crippen molar-refractivity contribution in [3.8, 4) is 17.2 Å². The van der Waals surface area contributed by atoms with Crippen LogP contribution in [-0.4, -0.2) is 4.98 Å². The first kappa shape index (κ1) is 21.5. The summed E-state index contributed by atoms with van der Waals surface area (Å²) in [5.41, 5.74) is 6.51. The predicted molar refractivity (Wildman–Crippen MR) is 137 cm³/mol. The van der Waals surface area contributed by atoms with Crippen molar-refractivity contribution < 1.29 is 4.74 Å². The Labute approximate surface area is 205 Å². The van der Waals surface area contributed by atoms with E-state index in [4.69, 9.17) is 4.74 Å². The molecule has 0 amide bonds. The summed E-state index contributed by atoms with van der Waals surface area (Å²) in [4.78, 5) is 5.30. The zero-order valence-corrected chi connectivity index (χ0v) is 20.0. The number of fused-ring (bicyclic) bond motifs is 1. The number of rotatable bonds is 6. The molecular formula is C28H19BrN2OS. The molecule has 5 heteroatoms. The van der Waals surface area contributed by atoms with Crippen LogP contribution >= 0.6 is 27.3 Å². The van der Waals surface area contributed by atoms with E-state index in [0.29, 0.717) is 12.2 Å². The van der Waals surface area contributed by atoms with Gasteiger partial charge in [0, 0.05) is 16.2 Å². The van der Waals surface area contributed by atoms with Crippen molar-refractivity contribution >= 4 is 38.0 Å². The van der Waals surface area contributed by atoms with E-state index in [-0.39, 0.29) is 6.10 Å². The normalized spacial score (nSPS) is 11.9. The van der Waals surface area contributed by atoms with Crippen LogP contribution in [0.15, 0.2) is 101 Å². The Morgan fingerprint density at radius 1 is 0.939 bits per heavy atom. The third-order valence-electron chi connectivity index (χ3n) is 5.59. The summed E-state index contributed by atoms with van der Waals surface area (Å²) in [7, 11) is 0. The number of nitrogens with zero attached hydrogens (tertiary/aromatic N) is 2. The van der Waals surface area contributed by atoms with Gasteiger partial charge in [0.05, 0.1) is 28.6 Å². The SMILES string of the molecule is N#Cc1ccc(C(OCc2ccc(Br)cc2)c2cncs2)cc1-c1cccc2ccccc12. The Morgan fingerprint density at radius 3 is 2.55 bits per heavy atom. The Morgan fingerprint density at radius 2 is 1.76 bits per heavy atom. The van der Waals surface area contributed by atoms with Gasteiger partial charge in [-0.05, 0) is 51.7 Å². The molecule has 4 aromatic carbocycles. The lowest BCUT2D eigenvalue weighted by atomic mass is 9.92. The van der Waals surface area contributed by atoms with E-state index >= 15 is 0 Å². The van der Waals surface area contributed by atoms with Gasteiger partial charge in [-0.3, -0.25) is 4.98 Å². The first-order valence-electron chi connectivity index (χ1n) is 10.5. The maximum atomic E-state index is 9.85. The second-order valence-corrected chi connectivity index (χ2v) is 9.50. The molecule has 0 saturated heterocycles. The van der Waals surface area contributed by atoms with Crippen molar-refractivity contribution in [2.75, 3.05) is 0 Å². The first-order chi connectivity index (χ1) is 16.2. The number of nitriles is 1. The van der Waals surface area contributed by atoms with E-state index < -0.39 is 0 Å². The van der Waals surface area contributed by atoms with E-state index in [1.54, 1.807) is 11.3 Å². The van der Waals surface area contributed by atoms with E-state index in [1.807, 2.05) is 66.3 Å². The van der Waals surface area contributed by atoms with Gasteiger partial charge in [0.2, 0.25) is 0 Å². The Kier molecular flexibility index (Phi) is 6.32. The molecule has 0 bridgehead atoms. The molecule has 1 atom stereocenters. The van der Waals surface area contributed by atoms with Crippen LogP contribution in [-0.2, 0) is 11.3 Å². The molecule has 0 radical (unpaired) electrons. The van der Waals surface area contributed by atoms with E-state index in [1.165, 1.54) is 0 Å². The number of benzene rings is 4. The maximum Gasteiger partial charge on any atom is 0.119 e. The molecule has 0 fully saturated rings. The van der Waals surface area contributed by atoms with E-state index in [0.717, 1.165) is 42.4 Å². The van der Waals surface area contributed by atoms with Gasteiger partial charge in [0.25, 0.3) is 0 Å². The first-order valence-corrected chi connectivity index (χ1v) is 12.2. The molecule has 1 aromatic heterocycles. The standard InChI is InChI=1S/C28H19BrN2OS/c29-23-12-8-19(9-13-23)17-32-28(27-16-31-18-33-27)21-10-11-22(15-30)26(14-21)25-7-3-5-20-4-1-2-6-24(20)25/h1-14,16,18,28H,17H2. The second-order valence-electron chi connectivity index (χ2n) is 7.66. The molecule has 0 N–H and O–H groups in total. The van der Waals surface area contributed by atoms with Gasteiger partial charge >= 0.3 is 0 Å². The number of ether oxygens (including phenoxy) is 1. The van der Waals surface area contributed by atoms with Crippen LogP contribution in [0.4, 0.5) is 0 Å². The molecule has 33 heavy (non-hydrogen) atoms. The summed E-state index contributed by atoms with van der Waals surface area (Å²) in [5.74, 6) is 0. The second kappa shape index (κ2) is 9.68. The molecule has 0 saturated carbocycles. The topological polar surface area (TPSA) is 45.9 Å². The zero-order valence-electron chi connectivity index (χ0n) is 17.6. The maximum absolute atomic E-state index is 9.85. The fourth-order valence-corrected chi connectivity index (χ4v) is 4.92. The number of hydrogen-bond acceptors (Lipinski definition) is 4. The fourth-order valence-electron chi connectivity index (χ4n) is 3.96. The summed E-state index contributed by atoms with van der Waals surface area (Å²) in [6, 6.07) is 30.9. The van der Waals surface area contributed by atoms with E-state index in [2.05, 4.69) is 57.3 Å². The average molecular weight is 511 g/mol. The van der Waals surface area contributed by atoms with Crippen LogP contribution in [0.5, 0.6) is 0 Å². The van der Waals surface area contributed by atoms with Crippen LogP contribution in [0.2, 0.25) is 0 Å². The van der Waals surface area contributed by atoms with Gasteiger partial charge < -0.3 is 4.74 Å². The molecular weight excluding hydrogens is 492 g/mol. The molecule has 5 aromatic rings. The highest BCUT2D eigenvalue weighted by Gasteiger charge is 2.19. The summed E-state index contributed by atoms with van der Waals surface area (Å²) in [6.07, 6.45) is 1.58. The molecule has 160 valence electrons. The molecule has 0 aliphatic carbocycles. The average Bonchev–Trinajstić information content (AvgIpc) is 3.39. The Bertz CT molecular complexity index is 1430. The number of aromatic nitrogens is 1. The summed E-state index contributed by atoms with van der Waals surface area (Å²) in [6.45, 7) is 0.472. The number of hydrogen-bond donors (Lipinski definition) is 0. The predicted octanol–water partition coefficient (Wildman–Crippen LogP) is 7.90. The van der Waals surface area contributed by atoms with Gasteiger partial charge in [-0.15, -0.1) is 11.3 Å². The Hall–Kier alpha value is -3.30. The zero-order chi connectivity index (χ0) is 22.6. The third-order valence-corrected chi connectivity index (χ3v) is 6.93. The Balaban J connectivity index is 1.57. The fraction of sp³-hybridized carbons (Fsp3) is 0.0714. The number of halogens is 1. The molecule has 1 heterocycles. The summed E-state index contributed by atoms with van der Waals surface area (Å²) < 4.78 is 7.46. The highest BCUT2D eigenvalue weighted by molar-refractivity contribution is 9.10. The van der Waals surface area contributed by atoms with Crippen LogP contribution < -0.4 is 0 Å². The van der Waals surface area contributed by atoms with Gasteiger partial charge in [-0.1, -0.05) is 76.6 Å². The van der Waals surface area contributed by atoms with Crippen molar-refractivity contribution in [2.45, 2.75) is 12.7 Å². The van der Waals surface area contributed by atoms with Crippen molar-refractivity contribution in [3.63, 3.8) is 0 Å². The van der Waals surface area contributed by atoms with Crippen molar-refractivity contribution in [3.05, 3.63) is 123 Å². The number of thiazole rings is 1. The van der Waals surface area contributed by atoms with Gasteiger partial charge in [0.15, 0.2) is 0 Å². The highest BCUT2D eigenvalue weighted by Crippen LogP contribution is 2.36. The van der Waals surface area contributed by atoms with Crippen LogP contribution in [0.3, 0.4) is 0 Å².